The molecule has 0 bridgehead atoms. The van der Waals surface area contributed by atoms with E-state index < -0.39 is 0 Å². The van der Waals surface area contributed by atoms with Gasteiger partial charge in [0, 0.05) is 13.7 Å². The molecule has 0 spiro atoms. The number of ether oxygens (including phenoxy) is 3. The first kappa shape index (κ1) is 15.7. The topological polar surface area (TPSA) is 44.8 Å². The van der Waals surface area contributed by atoms with Crippen molar-refractivity contribution in [3.8, 4) is 5.75 Å². The Morgan fingerprint density at radius 2 is 1.89 bits per heavy atom. The van der Waals surface area contributed by atoms with E-state index >= 15 is 0 Å². The second-order valence-electron chi connectivity index (χ2n) is 4.89. The van der Waals surface area contributed by atoms with Gasteiger partial charge in [0.1, 0.15) is 12.4 Å². The van der Waals surface area contributed by atoms with Gasteiger partial charge in [-0.25, -0.2) is 0 Å². The van der Waals surface area contributed by atoms with Crippen LogP contribution in [0.5, 0.6) is 5.75 Å². The predicted octanol–water partition coefficient (Wildman–Crippen LogP) is 2.71. The summed E-state index contributed by atoms with van der Waals surface area (Å²) in [7, 11) is 3.22. The van der Waals surface area contributed by atoms with Crippen LogP contribution in [0, 0.1) is 0 Å². The molecule has 1 aromatic carbocycles. The summed E-state index contributed by atoms with van der Waals surface area (Å²) in [4.78, 5) is 12.0. The summed E-state index contributed by atoms with van der Waals surface area (Å²) in [5.74, 6) is 0.501. The van der Waals surface area contributed by atoms with Gasteiger partial charge in [-0.2, -0.15) is 0 Å². The fraction of sp³-hybridized carbons (Fsp3) is 0.533. The van der Waals surface area contributed by atoms with Crippen molar-refractivity contribution in [3.63, 3.8) is 0 Å². The second kappa shape index (κ2) is 7.26. The highest BCUT2D eigenvalue weighted by atomic mass is 16.5. The molecular formula is C15H22O4. The van der Waals surface area contributed by atoms with Gasteiger partial charge < -0.3 is 14.2 Å². The van der Waals surface area contributed by atoms with Gasteiger partial charge in [-0.1, -0.05) is 12.1 Å². The second-order valence-corrected chi connectivity index (χ2v) is 4.89. The summed E-state index contributed by atoms with van der Waals surface area (Å²) in [5, 5.41) is 0. The van der Waals surface area contributed by atoms with E-state index in [4.69, 9.17) is 14.2 Å². The molecule has 0 fully saturated rings. The lowest BCUT2D eigenvalue weighted by Gasteiger charge is -2.22. The zero-order valence-corrected chi connectivity index (χ0v) is 12.1. The van der Waals surface area contributed by atoms with Crippen molar-refractivity contribution in [1.29, 1.82) is 0 Å². The Morgan fingerprint density at radius 1 is 1.21 bits per heavy atom. The SMILES string of the molecule is COc1ccccc1C(=O)COCCC(C)(C)OC. The van der Waals surface area contributed by atoms with Crippen molar-refractivity contribution >= 4 is 5.78 Å². The number of ketones is 1. The van der Waals surface area contributed by atoms with Gasteiger partial charge in [-0.05, 0) is 32.4 Å². The predicted molar refractivity (Wildman–Crippen MR) is 73.8 cm³/mol. The van der Waals surface area contributed by atoms with Crippen LogP contribution in [0.4, 0.5) is 0 Å². The number of carbonyl (C=O) groups is 1. The summed E-state index contributed by atoms with van der Waals surface area (Å²) in [5.41, 5.74) is 0.323. The number of benzene rings is 1. The minimum absolute atomic E-state index is 0.0557. The van der Waals surface area contributed by atoms with Gasteiger partial charge in [0.15, 0.2) is 5.78 Å². The Kier molecular flexibility index (Phi) is 5.99. The van der Waals surface area contributed by atoms with Gasteiger partial charge >= 0.3 is 0 Å². The van der Waals surface area contributed by atoms with Gasteiger partial charge in [0.05, 0.1) is 18.3 Å². The lowest BCUT2D eigenvalue weighted by atomic mass is 10.1. The number of rotatable bonds is 8. The highest BCUT2D eigenvalue weighted by Crippen LogP contribution is 2.18. The zero-order valence-electron chi connectivity index (χ0n) is 12.1. The number of para-hydroxylation sites is 1. The van der Waals surface area contributed by atoms with E-state index in [2.05, 4.69) is 0 Å². The third-order valence-corrected chi connectivity index (χ3v) is 3.04. The van der Waals surface area contributed by atoms with E-state index in [0.717, 1.165) is 6.42 Å². The van der Waals surface area contributed by atoms with E-state index in [1.807, 2.05) is 26.0 Å². The highest BCUT2D eigenvalue weighted by Gasteiger charge is 2.16. The number of methoxy groups -OCH3 is 2. The van der Waals surface area contributed by atoms with Crippen LogP contribution in [0.2, 0.25) is 0 Å². The molecule has 0 N–H and O–H groups in total. The molecule has 0 unspecified atom stereocenters. The number of hydrogen-bond acceptors (Lipinski definition) is 4. The third-order valence-electron chi connectivity index (χ3n) is 3.04. The molecule has 0 amide bonds. The maximum absolute atomic E-state index is 12.0. The molecule has 0 aliphatic rings. The first-order chi connectivity index (χ1) is 9.00. The highest BCUT2D eigenvalue weighted by molar-refractivity contribution is 5.99. The Balaban J connectivity index is 2.44. The average Bonchev–Trinajstić information content (AvgIpc) is 2.43. The van der Waals surface area contributed by atoms with Gasteiger partial charge in [-0.15, -0.1) is 0 Å². The summed E-state index contributed by atoms with van der Waals surface area (Å²) < 4.78 is 15.8. The molecule has 0 aliphatic heterocycles. The van der Waals surface area contributed by atoms with Crippen LogP contribution in [-0.2, 0) is 9.47 Å². The molecule has 19 heavy (non-hydrogen) atoms. The molecule has 0 saturated carbocycles. The number of carbonyl (C=O) groups excluding carboxylic acids is 1. The molecule has 106 valence electrons. The molecule has 0 aromatic heterocycles. The number of Topliss-reactive ketones (excluding diaryl/α,β-unsaturated/α-hetero) is 1. The Labute approximate surface area is 114 Å². The molecule has 4 nitrogen and oxygen atoms in total. The minimum atomic E-state index is -0.229. The van der Waals surface area contributed by atoms with Crippen LogP contribution in [0.1, 0.15) is 30.6 Å². The molecule has 1 rings (SSSR count). The van der Waals surface area contributed by atoms with Crippen molar-refractivity contribution in [2.24, 2.45) is 0 Å². The van der Waals surface area contributed by atoms with Crippen LogP contribution in [0.15, 0.2) is 24.3 Å². The average molecular weight is 266 g/mol. The smallest absolute Gasteiger partial charge is 0.192 e. The Morgan fingerprint density at radius 3 is 2.53 bits per heavy atom. The van der Waals surface area contributed by atoms with Crippen molar-refractivity contribution in [3.05, 3.63) is 29.8 Å². The standard InChI is InChI=1S/C15H22O4/c1-15(2,18-4)9-10-19-11-13(16)12-7-5-6-8-14(12)17-3/h5-8H,9-11H2,1-4H3. The van der Waals surface area contributed by atoms with Crippen LogP contribution in [0.3, 0.4) is 0 Å². The van der Waals surface area contributed by atoms with E-state index in [9.17, 15) is 4.79 Å². The molecule has 0 aliphatic carbocycles. The van der Waals surface area contributed by atoms with Gasteiger partial charge in [0.2, 0.25) is 0 Å². The molecule has 0 heterocycles. The van der Waals surface area contributed by atoms with Crippen molar-refractivity contribution in [1.82, 2.24) is 0 Å². The lowest BCUT2D eigenvalue weighted by Crippen LogP contribution is -2.25. The van der Waals surface area contributed by atoms with Crippen LogP contribution in [0.25, 0.3) is 0 Å². The lowest BCUT2D eigenvalue weighted by molar-refractivity contribution is -0.00839. The van der Waals surface area contributed by atoms with E-state index in [1.165, 1.54) is 0 Å². The summed E-state index contributed by atoms with van der Waals surface area (Å²) in [6, 6.07) is 7.15. The van der Waals surface area contributed by atoms with Crippen LogP contribution >= 0.6 is 0 Å². The monoisotopic (exact) mass is 266 g/mol. The van der Waals surface area contributed by atoms with Crippen molar-refractivity contribution in [2.75, 3.05) is 27.4 Å². The van der Waals surface area contributed by atoms with Crippen molar-refractivity contribution in [2.45, 2.75) is 25.9 Å². The van der Waals surface area contributed by atoms with Crippen LogP contribution < -0.4 is 4.74 Å². The maximum atomic E-state index is 12.0. The molecule has 4 heteroatoms. The summed E-state index contributed by atoms with van der Waals surface area (Å²) >= 11 is 0. The van der Waals surface area contributed by atoms with Gasteiger partial charge in [-0.3, -0.25) is 4.79 Å². The van der Waals surface area contributed by atoms with Crippen LogP contribution in [-0.4, -0.2) is 38.8 Å². The summed E-state index contributed by atoms with van der Waals surface area (Å²) in [6.07, 6.45) is 0.739. The minimum Gasteiger partial charge on any atom is -0.496 e. The van der Waals surface area contributed by atoms with Crippen molar-refractivity contribution < 1.29 is 19.0 Å². The fourth-order valence-corrected chi connectivity index (χ4v) is 1.54. The Bertz CT molecular complexity index is 412. The Hall–Kier alpha value is -1.39. The molecule has 0 saturated heterocycles. The first-order valence-electron chi connectivity index (χ1n) is 6.29. The maximum Gasteiger partial charge on any atom is 0.192 e. The normalized spacial score (nSPS) is 11.4. The fourth-order valence-electron chi connectivity index (χ4n) is 1.54. The molecule has 0 atom stereocenters. The van der Waals surface area contributed by atoms with E-state index in [0.29, 0.717) is 17.9 Å². The summed E-state index contributed by atoms with van der Waals surface area (Å²) in [6.45, 7) is 4.51. The first-order valence-corrected chi connectivity index (χ1v) is 6.29. The van der Waals surface area contributed by atoms with E-state index in [-0.39, 0.29) is 18.0 Å². The quantitative estimate of drug-likeness (QED) is 0.536. The molecule has 0 radical (unpaired) electrons. The molecule has 1 aromatic rings. The largest absolute Gasteiger partial charge is 0.496 e. The van der Waals surface area contributed by atoms with Gasteiger partial charge in [0.25, 0.3) is 0 Å². The third kappa shape index (κ3) is 5.01. The number of hydrogen-bond donors (Lipinski definition) is 0. The zero-order chi connectivity index (χ0) is 14.3. The molecular weight excluding hydrogens is 244 g/mol. The van der Waals surface area contributed by atoms with E-state index in [1.54, 1.807) is 26.4 Å².